The van der Waals surface area contributed by atoms with E-state index in [2.05, 4.69) is 10.0 Å². The molecule has 1 aliphatic rings. The molecule has 1 amide bonds. The first kappa shape index (κ1) is 20.5. The quantitative estimate of drug-likeness (QED) is 0.680. The predicted octanol–water partition coefficient (Wildman–Crippen LogP) is 0.583. The van der Waals surface area contributed by atoms with Crippen molar-refractivity contribution < 1.29 is 22.7 Å². The Morgan fingerprint density at radius 3 is 2.62 bits per heavy atom. The molecular formula is C17H27N3O5S. The van der Waals surface area contributed by atoms with E-state index >= 15 is 0 Å². The maximum absolute atomic E-state index is 12.5. The predicted molar refractivity (Wildman–Crippen MR) is 98.0 cm³/mol. The number of nitrogens with one attached hydrogen (secondary N) is 2. The van der Waals surface area contributed by atoms with Crippen molar-refractivity contribution in [1.29, 1.82) is 0 Å². The van der Waals surface area contributed by atoms with Gasteiger partial charge in [-0.1, -0.05) is 0 Å². The Hall–Kier alpha value is -1.84. The summed E-state index contributed by atoms with van der Waals surface area (Å²) in [4.78, 5) is 14.0. The van der Waals surface area contributed by atoms with E-state index in [4.69, 9.17) is 9.47 Å². The van der Waals surface area contributed by atoms with Gasteiger partial charge in [0.15, 0.2) is 11.5 Å². The largest absolute Gasteiger partial charge is 0.490 e. The molecule has 0 aliphatic carbocycles. The fourth-order valence-electron chi connectivity index (χ4n) is 2.71. The van der Waals surface area contributed by atoms with Crippen molar-refractivity contribution >= 4 is 15.9 Å². The van der Waals surface area contributed by atoms with Crippen molar-refractivity contribution in [2.45, 2.75) is 31.7 Å². The van der Waals surface area contributed by atoms with Gasteiger partial charge < -0.3 is 19.7 Å². The average molecular weight is 385 g/mol. The van der Waals surface area contributed by atoms with E-state index in [1.165, 1.54) is 12.1 Å². The second-order valence-electron chi connectivity index (χ2n) is 5.99. The first-order chi connectivity index (χ1) is 12.4. The van der Waals surface area contributed by atoms with Crippen LogP contribution in [0.15, 0.2) is 23.1 Å². The summed E-state index contributed by atoms with van der Waals surface area (Å²) in [6.07, 6.45) is 0. The summed E-state index contributed by atoms with van der Waals surface area (Å²) in [7, 11) is -3.83. The number of amides is 1. The van der Waals surface area contributed by atoms with Gasteiger partial charge in [-0.2, -0.15) is 0 Å². The highest BCUT2D eigenvalue weighted by molar-refractivity contribution is 7.89. The number of piperazine rings is 1. The molecule has 1 atom stereocenters. The van der Waals surface area contributed by atoms with Crippen molar-refractivity contribution in [2.75, 3.05) is 39.4 Å². The van der Waals surface area contributed by atoms with Crippen LogP contribution in [0.4, 0.5) is 0 Å². The number of sulfonamides is 1. The normalized spacial score (nSPS) is 17.8. The first-order valence-electron chi connectivity index (χ1n) is 8.77. The molecule has 1 unspecified atom stereocenters. The van der Waals surface area contributed by atoms with E-state index in [0.29, 0.717) is 44.3 Å². The van der Waals surface area contributed by atoms with Gasteiger partial charge in [0.25, 0.3) is 0 Å². The van der Waals surface area contributed by atoms with Crippen LogP contribution in [0.3, 0.4) is 0 Å². The molecule has 1 aromatic rings. The second kappa shape index (κ2) is 9.20. The molecule has 146 valence electrons. The molecule has 0 bridgehead atoms. The maximum atomic E-state index is 12.5. The zero-order valence-corrected chi connectivity index (χ0v) is 16.3. The average Bonchev–Trinajstić information content (AvgIpc) is 2.61. The number of carbonyl (C=O) groups is 1. The monoisotopic (exact) mass is 385 g/mol. The minimum atomic E-state index is -3.83. The van der Waals surface area contributed by atoms with Gasteiger partial charge in [-0.3, -0.25) is 4.79 Å². The lowest BCUT2D eigenvalue weighted by Crippen LogP contribution is -2.53. The summed E-state index contributed by atoms with van der Waals surface area (Å²) in [6, 6.07) is 4.61. The van der Waals surface area contributed by atoms with Crippen molar-refractivity contribution in [1.82, 2.24) is 14.9 Å². The number of nitrogens with zero attached hydrogens (tertiary/aromatic N) is 1. The van der Waals surface area contributed by atoms with Crippen LogP contribution < -0.4 is 19.5 Å². The summed E-state index contributed by atoms with van der Waals surface area (Å²) in [5.41, 5.74) is 0. The summed E-state index contributed by atoms with van der Waals surface area (Å²) in [5, 5.41) is 3.24. The molecule has 2 N–H and O–H groups in total. The molecule has 1 saturated heterocycles. The highest BCUT2D eigenvalue weighted by Gasteiger charge is 2.23. The van der Waals surface area contributed by atoms with Gasteiger partial charge in [-0.05, 0) is 32.9 Å². The fourth-order valence-corrected chi connectivity index (χ4v) is 3.70. The minimum absolute atomic E-state index is 0.0332. The van der Waals surface area contributed by atoms with Crippen LogP contribution >= 0.6 is 0 Å². The third-order valence-corrected chi connectivity index (χ3v) is 5.36. The van der Waals surface area contributed by atoms with Crippen molar-refractivity contribution in [3.05, 3.63) is 18.2 Å². The lowest BCUT2D eigenvalue weighted by molar-refractivity contribution is -0.131. The minimum Gasteiger partial charge on any atom is -0.490 e. The van der Waals surface area contributed by atoms with Crippen molar-refractivity contribution in [3.63, 3.8) is 0 Å². The van der Waals surface area contributed by atoms with E-state index in [-0.39, 0.29) is 23.4 Å². The van der Waals surface area contributed by atoms with E-state index in [0.717, 1.165) is 0 Å². The standard InChI is InChI=1S/C17H27N3O5S/c1-4-24-15-7-6-14(10-16(15)25-5-2)26(22,23)19-11-17(21)20-9-8-18-13(3)12-20/h6-7,10,13,18-19H,4-5,8-9,11-12H2,1-3H3. The highest BCUT2D eigenvalue weighted by Crippen LogP contribution is 2.30. The Labute approximate surface area is 154 Å². The molecule has 2 rings (SSSR count). The van der Waals surface area contributed by atoms with Crippen LogP contribution in [0.25, 0.3) is 0 Å². The number of rotatable bonds is 8. The van der Waals surface area contributed by atoms with E-state index in [1.54, 1.807) is 11.0 Å². The molecule has 0 spiro atoms. The summed E-state index contributed by atoms with van der Waals surface area (Å²) in [6.45, 7) is 8.04. The number of ether oxygens (including phenoxy) is 2. The van der Waals surface area contributed by atoms with Crippen LogP contribution in [0.5, 0.6) is 11.5 Å². The van der Waals surface area contributed by atoms with Gasteiger partial charge >= 0.3 is 0 Å². The fraction of sp³-hybridized carbons (Fsp3) is 0.588. The number of hydrogen-bond donors (Lipinski definition) is 2. The molecule has 0 aromatic heterocycles. The molecule has 8 nitrogen and oxygen atoms in total. The van der Waals surface area contributed by atoms with Gasteiger partial charge in [-0.15, -0.1) is 0 Å². The van der Waals surface area contributed by atoms with Crippen LogP contribution in [-0.4, -0.2) is 64.7 Å². The maximum Gasteiger partial charge on any atom is 0.241 e. The molecule has 9 heteroatoms. The molecule has 1 heterocycles. The third-order valence-electron chi connectivity index (χ3n) is 3.96. The zero-order valence-electron chi connectivity index (χ0n) is 15.4. The Bertz CT molecular complexity index is 723. The topological polar surface area (TPSA) is 97.0 Å². The SMILES string of the molecule is CCOc1ccc(S(=O)(=O)NCC(=O)N2CCNC(C)C2)cc1OCC. The summed E-state index contributed by atoms with van der Waals surface area (Å²) >= 11 is 0. The van der Waals surface area contributed by atoms with E-state index < -0.39 is 10.0 Å². The van der Waals surface area contributed by atoms with Gasteiger partial charge in [-0.25, -0.2) is 13.1 Å². The molecule has 26 heavy (non-hydrogen) atoms. The molecule has 1 aliphatic heterocycles. The Morgan fingerprint density at radius 1 is 1.27 bits per heavy atom. The van der Waals surface area contributed by atoms with Gasteiger partial charge in [0, 0.05) is 31.7 Å². The molecule has 1 fully saturated rings. The molecular weight excluding hydrogens is 358 g/mol. The zero-order chi connectivity index (χ0) is 19.2. The second-order valence-corrected chi connectivity index (χ2v) is 7.76. The van der Waals surface area contributed by atoms with Crippen LogP contribution in [0, 0.1) is 0 Å². The van der Waals surface area contributed by atoms with Crippen molar-refractivity contribution in [3.8, 4) is 11.5 Å². The van der Waals surface area contributed by atoms with Crippen molar-refractivity contribution in [2.24, 2.45) is 0 Å². The molecule has 1 aromatic carbocycles. The first-order valence-corrected chi connectivity index (χ1v) is 10.3. The van der Waals surface area contributed by atoms with Crippen LogP contribution in [0.1, 0.15) is 20.8 Å². The Balaban J connectivity index is 2.06. The number of carbonyl (C=O) groups excluding carboxylic acids is 1. The van der Waals surface area contributed by atoms with E-state index in [1.807, 2.05) is 20.8 Å². The Morgan fingerprint density at radius 2 is 1.96 bits per heavy atom. The third kappa shape index (κ3) is 5.33. The lowest BCUT2D eigenvalue weighted by Gasteiger charge is -2.31. The van der Waals surface area contributed by atoms with Gasteiger partial charge in [0.2, 0.25) is 15.9 Å². The highest BCUT2D eigenvalue weighted by atomic mass is 32.2. The summed E-state index contributed by atoms with van der Waals surface area (Å²) < 4.78 is 38.3. The van der Waals surface area contributed by atoms with Crippen LogP contribution in [-0.2, 0) is 14.8 Å². The lowest BCUT2D eigenvalue weighted by atomic mass is 10.2. The Kier molecular flexibility index (Phi) is 7.24. The van der Waals surface area contributed by atoms with Gasteiger partial charge in [0.05, 0.1) is 24.7 Å². The molecule has 0 saturated carbocycles. The van der Waals surface area contributed by atoms with Crippen LogP contribution in [0.2, 0.25) is 0 Å². The summed E-state index contributed by atoms with van der Waals surface area (Å²) in [5.74, 6) is 0.608. The number of hydrogen-bond acceptors (Lipinski definition) is 6. The van der Waals surface area contributed by atoms with Gasteiger partial charge in [0.1, 0.15) is 0 Å². The van der Waals surface area contributed by atoms with E-state index in [9.17, 15) is 13.2 Å². The smallest absolute Gasteiger partial charge is 0.241 e. The number of benzene rings is 1. The molecule has 0 radical (unpaired) electrons.